The standard InChI is InChI=1S/C14H12Cl2N2O2/c15-10-4-1-2-6-12(10)20-9-7-13(19)18-11-5-3-8-17-14(11)16/h1-6,8H,7,9H2,(H,18,19). The number of ether oxygens (including phenoxy) is 1. The number of anilines is 1. The Morgan fingerprint density at radius 2 is 2.00 bits per heavy atom. The van der Waals surface area contributed by atoms with Crippen molar-refractivity contribution in [3.63, 3.8) is 0 Å². The summed E-state index contributed by atoms with van der Waals surface area (Å²) in [7, 11) is 0. The molecule has 2 rings (SSSR count). The number of pyridine rings is 1. The van der Waals surface area contributed by atoms with E-state index in [1.165, 1.54) is 0 Å². The highest BCUT2D eigenvalue weighted by atomic mass is 35.5. The minimum atomic E-state index is -0.202. The summed E-state index contributed by atoms with van der Waals surface area (Å²) in [6.45, 7) is 0.230. The average molecular weight is 311 g/mol. The van der Waals surface area contributed by atoms with Gasteiger partial charge in [-0.3, -0.25) is 4.79 Å². The zero-order chi connectivity index (χ0) is 14.4. The lowest BCUT2D eigenvalue weighted by molar-refractivity contribution is -0.116. The monoisotopic (exact) mass is 310 g/mol. The summed E-state index contributed by atoms with van der Waals surface area (Å²) in [6, 6.07) is 10.5. The van der Waals surface area contributed by atoms with Crippen LogP contribution in [-0.2, 0) is 4.79 Å². The molecule has 0 spiro atoms. The van der Waals surface area contributed by atoms with E-state index in [2.05, 4.69) is 10.3 Å². The minimum Gasteiger partial charge on any atom is -0.491 e. The van der Waals surface area contributed by atoms with Crippen molar-refractivity contribution in [2.45, 2.75) is 6.42 Å². The number of amides is 1. The molecule has 0 aliphatic heterocycles. The molecule has 1 aromatic heterocycles. The van der Waals surface area contributed by atoms with E-state index in [0.29, 0.717) is 16.5 Å². The van der Waals surface area contributed by atoms with Gasteiger partial charge in [-0.15, -0.1) is 0 Å². The van der Waals surface area contributed by atoms with E-state index in [9.17, 15) is 4.79 Å². The highest BCUT2D eigenvalue weighted by Crippen LogP contribution is 2.23. The Hall–Kier alpha value is -1.78. The molecular formula is C14H12Cl2N2O2. The number of carbonyl (C=O) groups is 1. The third-order valence-electron chi connectivity index (χ3n) is 2.46. The van der Waals surface area contributed by atoms with E-state index in [-0.39, 0.29) is 24.1 Å². The number of rotatable bonds is 5. The Morgan fingerprint density at radius 1 is 1.20 bits per heavy atom. The molecule has 6 heteroatoms. The highest BCUT2D eigenvalue weighted by molar-refractivity contribution is 6.32. The van der Waals surface area contributed by atoms with Crippen LogP contribution < -0.4 is 10.1 Å². The van der Waals surface area contributed by atoms with Crippen LogP contribution in [0.25, 0.3) is 0 Å². The number of para-hydroxylation sites is 1. The first-order valence-corrected chi connectivity index (χ1v) is 6.70. The molecule has 104 valence electrons. The fourth-order valence-corrected chi connectivity index (χ4v) is 1.86. The predicted molar refractivity (Wildman–Crippen MR) is 79.4 cm³/mol. The summed E-state index contributed by atoms with van der Waals surface area (Å²) in [5, 5.41) is 3.44. The van der Waals surface area contributed by atoms with Crippen LogP contribution >= 0.6 is 23.2 Å². The summed E-state index contributed by atoms with van der Waals surface area (Å²) in [4.78, 5) is 15.6. The van der Waals surface area contributed by atoms with Gasteiger partial charge in [0.15, 0.2) is 5.15 Å². The first-order chi connectivity index (χ1) is 9.66. The maximum atomic E-state index is 11.7. The Bertz CT molecular complexity index is 605. The molecule has 1 amide bonds. The van der Waals surface area contributed by atoms with Gasteiger partial charge in [-0.2, -0.15) is 0 Å². The Labute approximate surface area is 126 Å². The van der Waals surface area contributed by atoms with Crippen molar-refractivity contribution in [2.24, 2.45) is 0 Å². The molecule has 4 nitrogen and oxygen atoms in total. The molecule has 0 saturated carbocycles. The van der Waals surface area contributed by atoms with Crippen LogP contribution in [0.3, 0.4) is 0 Å². The van der Waals surface area contributed by atoms with Gasteiger partial charge < -0.3 is 10.1 Å². The van der Waals surface area contributed by atoms with Crippen molar-refractivity contribution in [3.05, 3.63) is 52.8 Å². The number of hydrogen-bond donors (Lipinski definition) is 1. The molecule has 0 bridgehead atoms. The van der Waals surface area contributed by atoms with Crippen LogP contribution in [0.2, 0.25) is 10.2 Å². The molecule has 0 radical (unpaired) electrons. The summed E-state index contributed by atoms with van der Waals surface area (Å²) < 4.78 is 5.43. The third-order valence-corrected chi connectivity index (χ3v) is 3.07. The van der Waals surface area contributed by atoms with Gasteiger partial charge in [0.05, 0.1) is 23.7 Å². The minimum absolute atomic E-state index is 0.191. The molecule has 0 saturated heterocycles. The fourth-order valence-electron chi connectivity index (χ4n) is 1.51. The number of nitrogens with zero attached hydrogens (tertiary/aromatic N) is 1. The lowest BCUT2D eigenvalue weighted by Crippen LogP contribution is -2.15. The normalized spacial score (nSPS) is 10.1. The number of aromatic nitrogens is 1. The molecule has 1 N–H and O–H groups in total. The summed E-state index contributed by atoms with van der Waals surface area (Å²) >= 11 is 11.8. The first-order valence-electron chi connectivity index (χ1n) is 5.94. The fraction of sp³-hybridized carbons (Fsp3) is 0.143. The van der Waals surface area contributed by atoms with E-state index in [1.807, 2.05) is 12.1 Å². The van der Waals surface area contributed by atoms with Crippen LogP contribution in [0, 0.1) is 0 Å². The first kappa shape index (κ1) is 14.6. The molecule has 0 aliphatic carbocycles. The zero-order valence-electron chi connectivity index (χ0n) is 10.5. The lowest BCUT2D eigenvalue weighted by Gasteiger charge is -2.08. The third kappa shape index (κ3) is 4.11. The summed E-state index contributed by atoms with van der Waals surface area (Å²) in [5.41, 5.74) is 0.483. The van der Waals surface area contributed by atoms with E-state index in [1.54, 1.807) is 30.5 Å². The van der Waals surface area contributed by atoms with E-state index in [0.717, 1.165) is 0 Å². The van der Waals surface area contributed by atoms with Crippen molar-refractivity contribution < 1.29 is 9.53 Å². The lowest BCUT2D eigenvalue weighted by atomic mass is 10.3. The van der Waals surface area contributed by atoms with Crippen molar-refractivity contribution in [2.75, 3.05) is 11.9 Å². The second-order valence-corrected chi connectivity index (χ2v) is 4.68. The molecule has 0 aliphatic rings. The van der Waals surface area contributed by atoms with Gasteiger partial charge in [-0.25, -0.2) is 4.98 Å². The highest BCUT2D eigenvalue weighted by Gasteiger charge is 2.07. The molecular weight excluding hydrogens is 299 g/mol. The van der Waals surface area contributed by atoms with E-state index in [4.69, 9.17) is 27.9 Å². The molecule has 1 heterocycles. The van der Waals surface area contributed by atoms with Gasteiger partial charge in [0.1, 0.15) is 5.75 Å². The van der Waals surface area contributed by atoms with Crippen molar-refractivity contribution >= 4 is 34.8 Å². The van der Waals surface area contributed by atoms with Crippen molar-refractivity contribution in [1.82, 2.24) is 4.98 Å². The molecule has 0 fully saturated rings. The molecule has 1 aromatic carbocycles. The Morgan fingerprint density at radius 3 is 2.75 bits per heavy atom. The Balaban J connectivity index is 1.82. The average Bonchev–Trinajstić information content (AvgIpc) is 2.43. The van der Waals surface area contributed by atoms with Crippen LogP contribution in [0.4, 0.5) is 5.69 Å². The summed E-state index contributed by atoms with van der Waals surface area (Å²) in [6.07, 6.45) is 1.74. The zero-order valence-corrected chi connectivity index (χ0v) is 12.0. The maximum Gasteiger partial charge on any atom is 0.227 e. The van der Waals surface area contributed by atoms with Gasteiger partial charge in [0, 0.05) is 6.20 Å². The quantitative estimate of drug-likeness (QED) is 0.855. The van der Waals surface area contributed by atoms with Crippen LogP contribution in [0.5, 0.6) is 5.75 Å². The Kier molecular flexibility index (Phi) is 5.21. The largest absolute Gasteiger partial charge is 0.491 e. The predicted octanol–water partition coefficient (Wildman–Crippen LogP) is 3.80. The van der Waals surface area contributed by atoms with Crippen molar-refractivity contribution in [3.8, 4) is 5.75 Å². The van der Waals surface area contributed by atoms with E-state index >= 15 is 0 Å². The van der Waals surface area contributed by atoms with Gasteiger partial charge in [0.2, 0.25) is 5.91 Å². The number of benzene rings is 1. The van der Waals surface area contributed by atoms with Gasteiger partial charge in [-0.05, 0) is 24.3 Å². The SMILES string of the molecule is O=C(CCOc1ccccc1Cl)Nc1cccnc1Cl. The van der Waals surface area contributed by atoms with E-state index < -0.39 is 0 Å². The van der Waals surface area contributed by atoms with Gasteiger partial charge >= 0.3 is 0 Å². The number of hydrogen-bond acceptors (Lipinski definition) is 3. The maximum absolute atomic E-state index is 11.7. The van der Waals surface area contributed by atoms with Crippen LogP contribution in [-0.4, -0.2) is 17.5 Å². The number of halogens is 2. The molecule has 0 atom stereocenters. The van der Waals surface area contributed by atoms with Crippen LogP contribution in [0.15, 0.2) is 42.6 Å². The molecule has 2 aromatic rings. The summed E-state index contributed by atoms with van der Waals surface area (Å²) in [5.74, 6) is 0.355. The second kappa shape index (κ2) is 7.12. The number of nitrogens with one attached hydrogen (secondary N) is 1. The second-order valence-electron chi connectivity index (χ2n) is 3.92. The number of carbonyl (C=O) groups excluding carboxylic acids is 1. The smallest absolute Gasteiger partial charge is 0.227 e. The van der Waals surface area contributed by atoms with Crippen molar-refractivity contribution in [1.29, 1.82) is 0 Å². The van der Waals surface area contributed by atoms with Crippen LogP contribution in [0.1, 0.15) is 6.42 Å². The topological polar surface area (TPSA) is 51.2 Å². The molecule has 20 heavy (non-hydrogen) atoms. The van der Waals surface area contributed by atoms with Gasteiger partial charge in [-0.1, -0.05) is 35.3 Å². The van der Waals surface area contributed by atoms with Gasteiger partial charge in [0.25, 0.3) is 0 Å². The molecule has 0 unspecified atom stereocenters.